The molecule has 0 saturated carbocycles. The fraction of sp³-hybridized carbons (Fsp3) is 0.200. The molecule has 0 fully saturated rings. The Labute approximate surface area is 55.3 Å². The van der Waals surface area contributed by atoms with Crippen LogP contribution >= 0.6 is 11.3 Å². The van der Waals surface area contributed by atoms with E-state index in [2.05, 4.69) is 4.98 Å². The summed E-state index contributed by atoms with van der Waals surface area (Å²) < 4.78 is 12.0. The third-order valence-corrected chi connectivity index (χ3v) is 1.46. The van der Waals surface area contributed by atoms with Crippen LogP contribution in [0.2, 0.25) is 0 Å². The molecular formula is C5H4FNOS. The van der Waals surface area contributed by atoms with Gasteiger partial charge in [0.2, 0.25) is 0 Å². The van der Waals surface area contributed by atoms with Crippen LogP contribution in [0.1, 0.15) is 17.4 Å². The van der Waals surface area contributed by atoms with E-state index in [-0.39, 0.29) is 11.5 Å². The predicted octanol–water partition coefficient (Wildman–Crippen LogP) is 1.48. The monoisotopic (exact) mass is 145 g/mol. The van der Waals surface area contributed by atoms with Gasteiger partial charge < -0.3 is 0 Å². The zero-order valence-electron chi connectivity index (χ0n) is 4.72. The molecular weight excluding hydrogens is 141 g/mol. The molecule has 9 heavy (non-hydrogen) atoms. The molecule has 2 nitrogen and oxygen atoms in total. The van der Waals surface area contributed by atoms with Crippen molar-refractivity contribution in [2.45, 2.75) is 6.92 Å². The molecule has 0 amide bonds. The maximum absolute atomic E-state index is 12.0. The van der Waals surface area contributed by atoms with E-state index in [1.165, 1.54) is 12.3 Å². The number of aromatic nitrogens is 1. The van der Waals surface area contributed by atoms with Crippen LogP contribution in [0.25, 0.3) is 0 Å². The van der Waals surface area contributed by atoms with E-state index in [0.717, 1.165) is 11.3 Å². The van der Waals surface area contributed by atoms with Gasteiger partial charge in [-0.25, -0.2) is 4.98 Å². The van der Waals surface area contributed by atoms with Crippen molar-refractivity contribution in [2.24, 2.45) is 0 Å². The summed E-state index contributed by atoms with van der Waals surface area (Å²) in [7, 11) is 0. The average Bonchev–Trinajstić information content (AvgIpc) is 2.14. The number of ketones is 1. The Morgan fingerprint density at radius 3 is 2.78 bits per heavy atom. The normalized spacial score (nSPS) is 9.56. The van der Waals surface area contributed by atoms with E-state index < -0.39 is 5.26 Å². The molecule has 0 aliphatic carbocycles. The number of halogens is 1. The van der Waals surface area contributed by atoms with Crippen molar-refractivity contribution < 1.29 is 9.18 Å². The summed E-state index contributed by atoms with van der Waals surface area (Å²) >= 11 is 0.834. The van der Waals surface area contributed by atoms with Gasteiger partial charge in [-0.15, -0.1) is 0 Å². The zero-order valence-corrected chi connectivity index (χ0v) is 5.54. The fourth-order valence-corrected chi connectivity index (χ4v) is 0.992. The van der Waals surface area contributed by atoms with Crippen molar-refractivity contribution in [3.63, 3.8) is 0 Å². The highest BCUT2D eigenvalue weighted by Gasteiger charge is 2.03. The van der Waals surface area contributed by atoms with Gasteiger partial charge in [0.05, 0.1) is 0 Å². The molecule has 1 aromatic rings. The zero-order chi connectivity index (χ0) is 6.85. The lowest BCUT2D eigenvalue weighted by molar-refractivity contribution is 0.101. The molecule has 1 aromatic heterocycles. The van der Waals surface area contributed by atoms with Crippen LogP contribution < -0.4 is 0 Å². The minimum absolute atomic E-state index is 0.199. The number of thiazole rings is 1. The van der Waals surface area contributed by atoms with E-state index in [4.69, 9.17) is 0 Å². The molecule has 0 spiro atoms. The van der Waals surface area contributed by atoms with Gasteiger partial charge in [-0.3, -0.25) is 4.79 Å². The van der Waals surface area contributed by atoms with Gasteiger partial charge in [0.15, 0.2) is 5.78 Å². The lowest BCUT2D eigenvalue weighted by Crippen LogP contribution is -1.90. The first-order valence-electron chi connectivity index (χ1n) is 2.32. The molecule has 0 saturated heterocycles. The van der Waals surface area contributed by atoms with Crippen LogP contribution in [0.3, 0.4) is 0 Å². The summed E-state index contributed by atoms with van der Waals surface area (Å²) in [5.74, 6) is -0.199. The van der Waals surface area contributed by atoms with Gasteiger partial charge in [-0.1, -0.05) is 11.3 Å². The summed E-state index contributed by atoms with van der Waals surface area (Å²) in [6.45, 7) is 1.36. The molecule has 4 heteroatoms. The summed E-state index contributed by atoms with van der Waals surface area (Å²) in [5.41, 5.74) is 0.206. The highest BCUT2D eigenvalue weighted by atomic mass is 32.1. The van der Waals surface area contributed by atoms with Crippen LogP contribution in [0.15, 0.2) is 5.38 Å². The molecule has 0 aromatic carbocycles. The van der Waals surface area contributed by atoms with Crippen LogP contribution in [0.5, 0.6) is 0 Å². The van der Waals surface area contributed by atoms with Crippen LogP contribution in [-0.2, 0) is 0 Å². The summed E-state index contributed by atoms with van der Waals surface area (Å²) in [6.07, 6.45) is 0. The second-order valence-electron chi connectivity index (χ2n) is 1.54. The first kappa shape index (κ1) is 6.35. The second-order valence-corrected chi connectivity index (χ2v) is 2.35. The SMILES string of the molecule is CC(=O)c1csc(F)n1. The van der Waals surface area contributed by atoms with Crippen LogP contribution in [0, 0.1) is 5.26 Å². The molecule has 0 N–H and O–H groups in total. The predicted molar refractivity (Wildman–Crippen MR) is 32.1 cm³/mol. The van der Waals surface area contributed by atoms with Gasteiger partial charge in [-0.05, 0) is 0 Å². The Morgan fingerprint density at radius 1 is 1.89 bits per heavy atom. The van der Waals surface area contributed by atoms with Crippen molar-refractivity contribution in [3.8, 4) is 0 Å². The summed E-state index contributed by atoms with van der Waals surface area (Å²) in [6, 6.07) is 0. The van der Waals surface area contributed by atoms with Crippen molar-refractivity contribution in [2.75, 3.05) is 0 Å². The minimum atomic E-state index is -0.555. The number of carbonyl (C=O) groups is 1. The average molecular weight is 145 g/mol. The molecule has 1 rings (SSSR count). The van der Waals surface area contributed by atoms with E-state index >= 15 is 0 Å². The molecule has 0 bridgehead atoms. The minimum Gasteiger partial charge on any atom is -0.293 e. The highest BCUT2D eigenvalue weighted by molar-refractivity contribution is 7.08. The standard InChI is InChI=1S/C5H4FNOS/c1-3(8)4-2-9-5(6)7-4/h2H,1H3. The molecule has 0 radical (unpaired) electrons. The topological polar surface area (TPSA) is 30.0 Å². The molecule has 1 heterocycles. The van der Waals surface area contributed by atoms with E-state index in [9.17, 15) is 9.18 Å². The largest absolute Gasteiger partial charge is 0.293 e. The molecule has 0 aliphatic heterocycles. The van der Waals surface area contributed by atoms with E-state index in [1.807, 2.05) is 0 Å². The lowest BCUT2D eigenvalue weighted by Gasteiger charge is -1.78. The van der Waals surface area contributed by atoms with Gasteiger partial charge in [-0.2, -0.15) is 4.39 Å². The lowest BCUT2D eigenvalue weighted by atomic mass is 10.4. The van der Waals surface area contributed by atoms with Gasteiger partial charge in [0.25, 0.3) is 5.26 Å². The number of carbonyl (C=O) groups excluding carboxylic acids is 1. The molecule has 0 aliphatic rings. The van der Waals surface area contributed by atoms with E-state index in [1.54, 1.807) is 0 Å². The smallest absolute Gasteiger partial charge is 0.269 e. The number of nitrogens with zero attached hydrogens (tertiary/aromatic N) is 1. The van der Waals surface area contributed by atoms with Crippen molar-refractivity contribution in [1.29, 1.82) is 0 Å². The summed E-state index contributed by atoms with van der Waals surface area (Å²) in [5, 5.41) is 0.845. The molecule has 48 valence electrons. The first-order valence-corrected chi connectivity index (χ1v) is 3.20. The maximum Gasteiger partial charge on any atom is 0.269 e. The third kappa shape index (κ3) is 1.32. The van der Waals surface area contributed by atoms with Gasteiger partial charge in [0, 0.05) is 12.3 Å². The second kappa shape index (κ2) is 2.23. The molecule has 0 unspecified atom stereocenters. The number of rotatable bonds is 1. The van der Waals surface area contributed by atoms with Crippen molar-refractivity contribution >= 4 is 17.1 Å². The highest BCUT2D eigenvalue weighted by Crippen LogP contribution is 2.06. The fourth-order valence-electron chi connectivity index (χ4n) is 0.414. The van der Waals surface area contributed by atoms with Crippen LogP contribution in [-0.4, -0.2) is 10.8 Å². The Balaban J connectivity index is 2.98. The van der Waals surface area contributed by atoms with E-state index in [0.29, 0.717) is 0 Å². The van der Waals surface area contributed by atoms with Crippen molar-refractivity contribution in [1.82, 2.24) is 4.98 Å². The number of Topliss-reactive ketones (excluding diaryl/α,β-unsaturated/α-hetero) is 1. The number of hydrogen-bond acceptors (Lipinski definition) is 3. The quantitative estimate of drug-likeness (QED) is 0.560. The maximum atomic E-state index is 12.0. The van der Waals surface area contributed by atoms with Crippen molar-refractivity contribution in [3.05, 3.63) is 16.3 Å². The van der Waals surface area contributed by atoms with Gasteiger partial charge >= 0.3 is 0 Å². The Hall–Kier alpha value is -0.770. The third-order valence-electron chi connectivity index (χ3n) is 0.837. The molecule has 0 atom stereocenters. The Bertz CT molecular complexity index is 233. The first-order chi connectivity index (χ1) is 4.20. The Morgan fingerprint density at radius 2 is 2.56 bits per heavy atom. The van der Waals surface area contributed by atoms with Gasteiger partial charge in [0.1, 0.15) is 5.69 Å². The Kier molecular flexibility index (Phi) is 1.57. The number of hydrogen-bond donors (Lipinski definition) is 0. The summed E-state index contributed by atoms with van der Waals surface area (Å²) in [4.78, 5) is 13.7. The van der Waals surface area contributed by atoms with Crippen LogP contribution in [0.4, 0.5) is 4.39 Å².